The molecule has 3 unspecified atom stereocenters. The number of carbonyl (C=O) groups excluding carboxylic acids is 1. The molecule has 94 valence electrons. The van der Waals surface area contributed by atoms with E-state index in [1.165, 1.54) is 11.3 Å². The summed E-state index contributed by atoms with van der Waals surface area (Å²) in [5, 5.41) is 19.6. The average Bonchev–Trinajstić information content (AvgIpc) is 2.78. The molecule has 2 rings (SSSR count). The maximum atomic E-state index is 11.5. The third kappa shape index (κ3) is 3.20. The Morgan fingerprint density at radius 1 is 1.71 bits per heavy atom. The molecular formula is C12H18N2O2S. The zero-order chi connectivity index (χ0) is 12.5. The number of nitrogens with one attached hydrogen (secondary N) is 2. The van der Waals surface area contributed by atoms with Crippen LogP contribution in [0.25, 0.3) is 0 Å². The molecule has 0 aromatic carbocycles. The van der Waals surface area contributed by atoms with Crippen LogP contribution in [0.4, 0.5) is 4.79 Å². The van der Waals surface area contributed by atoms with Gasteiger partial charge in [0.15, 0.2) is 0 Å². The molecule has 1 aromatic rings. The molecule has 4 nitrogen and oxygen atoms in total. The van der Waals surface area contributed by atoms with Crippen LogP contribution in [0.1, 0.15) is 25.8 Å². The Labute approximate surface area is 105 Å². The molecule has 1 heterocycles. The summed E-state index contributed by atoms with van der Waals surface area (Å²) in [4.78, 5) is 11.5. The van der Waals surface area contributed by atoms with Gasteiger partial charge in [0.1, 0.15) is 5.60 Å². The Morgan fingerprint density at radius 3 is 2.94 bits per heavy atom. The molecule has 0 saturated heterocycles. The third-order valence-electron chi connectivity index (χ3n) is 3.16. The Bertz CT molecular complexity index is 389. The van der Waals surface area contributed by atoms with Gasteiger partial charge in [-0.1, -0.05) is 6.92 Å². The Balaban J connectivity index is 1.79. The van der Waals surface area contributed by atoms with E-state index in [2.05, 4.69) is 17.6 Å². The maximum Gasteiger partial charge on any atom is 0.315 e. The number of hydrogen-bond donors (Lipinski definition) is 3. The number of amides is 2. The van der Waals surface area contributed by atoms with Crippen LogP contribution in [-0.4, -0.2) is 23.7 Å². The highest BCUT2D eigenvalue weighted by atomic mass is 32.1. The van der Waals surface area contributed by atoms with E-state index < -0.39 is 5.60 Å². The van der Waals surface area contributed by atoms with Crippen molar-refractivity contribution < 1.29 is 9.90 Å². The number of hydrogen-bond acceptors (Lipinski definition) is 3. The van der Waals surface area contributed by atoms with Crippen LogP contribution in [0.2, 0.25) is 0 Å². The monoisotopic (exact) mass is 254 g/mol. The minimum absolute atomic E-state index is 0.199. The molecule has 3 atom stereocenters. The van der Waals surface area contributed by atoms with Crippen molar-refractivity contribution in [2.75, 3.05) is 6.54 Å². The molecule has 2 amide bonds. The number of rotatable bonds is 4. The standard InChI is InChI=1S/C12H18N2O2S/c1-8-5-10(8)14-11(15)13-7-12(2,16)9-3-4-17-6-9/h3-4,6,8,10,16H,5,7H2,1-2H3,(H2,13,14,15). The largest absolute Gasteiger partial charge is 0.384 e. The van der Waals surface area contributed by atoms with Gasteiger partial charge in [-0.15, -0.1) is 0 Å². The van der Waals surface area contributed by atoms with E-state index in [0.717, 1.165) is 12.0 Å². The van der Waals surface area contributed by atoms with E-state index in [0.29, 0.717) is 12.0 Å². The predicted molar refractivity (Wildman–Crippen MR) is 68.0 cm³/mol. The number of aliphatic hydroxyl groups is 1. The summed E-state index contributed by atoms with van der Waals surface area (Å²) in [6, 6.07) is 1.98. The van der Waals surface area contributed by atoms with E-state index in [1.54, 1.807) is 6.92 Å². The number of urea groups is 1. The van der Waals surface area contributed by atoms with Gasteiger partial charge in [0.2, 0.25) is 0 Å². The van der Waals surface area contributed by atoms with E-state index in [4.69, 9.17) is 0 Å². The van der Waals surface area contributed by atoms with Gasteiger partial charge in [-0.25, -0.2) is 4.79 Å². The highest BCUT2D eigenvalue weighted by Crippen LogP contribution is 2.28. The fourth-order valence-corrected chi connectivity index (χ4v) is 2.45. The van der Waals surface area contributed by atoms with Crippen molar-refractivity contribution in [1.82, 2.24) is 10.6 Å². The fraction of sp³-hybridized carbons (Fsp3) is 0.583. The zero-order valence-electron chi connectivity index (χ0n) is 10.1. The highest BCUT2D eigenvalue weighted by molar-refractivity contribution is 7.08. The van der Waals surface area contributed by atoms with Crippen LogP contribution in [0.15, 0.2) is 16.8 Å². The number of carbonyl (C=O) groups is 1. The van der Waals surface area contributed by atoms with Crippen LogP contribution in [0.5, 0.6) is 0 Å². The summed E-state index contributed by atoms with van der Waals surface area (Å²) in [7, 11) is 0. The van der Waals surface area contributed by atoms with Gasteiger partial charge in [-0.05, 0) is 41.7 Å². The van der Waals surface area contributed by atoms with E-state index in [-0.39, 0.29) is 12.6 Å². The van der Waals surface area contributed by atoms with Crippen molar-refractivity contribution in [2.24, 2.45) is 5.92 Å². The molecule has 1 aliphatic rings. The number of thiophene rings is 1. The lowest BCUT2D eigenvalue weighted by atomic mass is 9.99. The molecule has 1 aliphatic carbocycles. The molecule has 1 aromatic heterocycles. The third-order valence-corrected chi connectivity index (χ3v) is 3.85. The van der Waals surface area contributed by atoms with Crippen molar-refractivity contribution in [2.45, 2.75) is 31.9 Å². The van der Waals surface area contributed by atoms with E-state index >= 15 is 0 Å². The van der Waals surface area contributed by atoms with Crippen molar-refractivity contribution in [3.05, 3.63) is 22.4 Å². The SMILES string of the molecule is CC1CC1NC(=O)NCC(C)(O)c1ccsc1. The second-order valence-corrected chi connectivity index (χ2v) is 5.71. The van der Waals surface area contributed by atoms with Gasteiger partial charge in [-0.3, -0.25) is 0 Å². The Hall–Kier alpha value is -1.07. The minimum Gasteiger partial charge on any atom is -0.384 e. The molecule has 0 aliphatic heterocycles. The van der Waals surface area contributed by atoms with Crippen LogP contribution < -0.4 is 10.6 Å². The summed E-state index contributed by atoms with van der Waals surface area (Å²) in [6.07, 6.45) is 1.05. The first kappa shape index (κ1) is 12.4. The topological polar surface area (TPSA) is 61.4 Å². The molecule has 0 spiro atoms. The van der Waals surface area contributed by atoms with E-state index in [1.807, 2.05) is 16.8 Å². The fourth-order valence-electron chi connectivity index (χ4n) is 1.67. The van der Waals surface area contributed by atoms with Crippen molar-refractivity contribution in [3.63, 3.8) is 0 Å². The second-order valence-electron chi connectivity index (χ2n) is 4.93. The smallest absolute Gasteiger partial charge is 0.315 e. The first-order valence-corrected chi connectivity index (χ1v) is 6.73. The van der Waals surface area contributed by atoms with Crippen LogP contribution in [0, 0.1) is 5.92 Å². The Morgan fingerprint density at radius 2 is 2.41 bits per heavy atom. The second kappa shape index (κ2) is 4.66. The van der Waals surface area contributed by atoms with Crippen molar-refractivity contribution in [1.29, 1.82) is 0 Å². The lowest BCUT2D eigenvalue weighted by molar-refractivity contribution is 0.0598. The quantitative estimate of drug-likeness (QED) is 0.765. The molecule has 5 heteroatoms. The molecule has 3 N–H and O–H groups in total. The summed E-state index contributed by atoms with van der Waals surface area (Å²) in [6.45, 7) is 4.03. The Kier molecular flexibility index (Phi) is 3.40. The molecule has 0 bridgehead atoms. The lowest BCUT2D eigenvalue weighted by Gasteiger charge is -2.22. The van der Waals surface area contributed by atoms with Gasteiger partial charge in [0, 0.05) is 6.04 Å². The maximum absolute atomic E-state index is 11.5. The summed E-state index contributed by atoms with van der Waals surface area (Å²) < 4.78 is 0. The molecule has 17 heavy (non-hydrogen) atoms. The molecule has 1 saturated carbocycles. The van der Waals surface area contributed by atoms with Gasteiger partial charge >= 0.3 is 6.03 Å². The normalized spacial score (nSPS) is 26.1. The van der Waals surface area contributed by atoms with Gasteiger partial charge < -0.3 is 15.7 Å². The minimum atomic E-state index is -1.01. The molecule has 1 fully saturated rings. The first-order valence-electron chi connectivity index (χ1n) is 5.78. The van der Waals surface area contributed by atoms with Crippen LogP contribution in [0.3, 0.4) is 0 Å². The average molecular weight is 254 g/mol. The molecular weight excluding hydrogens is 236 g/mol. The van der Waals surface area contributed by atoms with Crippen molar-refractivity contribution >= 4 is 17.4 Å². The van der Waals surface area contributed by atoms with Gasteiger partial charge in [0.25, 0.3) is 0 Å². The summed E-state index contributed by atoms with van der Waals surface area (Å²) in [5.74, 6) is 0.582. The van der Waals surface area contributed by atoms with E-state index in [9.17, 15) is 9.90 Å². The lowest BCUT2D eigenvalue weighted by Crippen LogP contribution is -2.44. The van der Waals surface area contributed by atoms with Crippen LogP contribution >= 0.6 is 11.3 Å². The molecule has 0 radical (unpaired) electrons. The zero-order valence-corrected chi connectivity index (χ0v) is 10.9. The highest BCUT2D eigenvalue weighted by Gasteiger charge is 2.34. The van der Waals surface area contributed by atoms with Crippen molar-refractivity contribution in [3.8, 4) is 0 Å². The van der Waals surface area contributed by atoms with Gasteiger partial charge in [0.05, 0.1) is 6.54 Å². The predicted octanol–water partition coefficient (Wildman–Crippen LogP) is 1.66. The van der Waals surface area contributed by atoms with Crippen LogP contribution in [-0.2, 0) is 5.60 Å². The summed E-state index contributed by atoms with van der Waals surface area (Å²) >= 11 is 1.53. The summed E-state index contributed by atoms with van der Waals surface area (Å²) in [5.41, 5.74) is -0.172. The first-order chi connectivity index (χ1) is 7.99. The van der Waals surface area contributed by atoms with Gasteiger partial charge in [-0.2, -0.15) is 11.3 Å².